The van der Waals surface area contributed by atoms with E-state index in [1.807, 2.05) is 21.1 Å². The van der Waals surface area contributed by atoms with E-state index in [4.69, 9.17) is 18.9 Å². The molecule has 1 N–H and O–H groups in total. The van der Waals surface area contributed by atoms with Crippen molar-refractivity contribution in [3.63, 3.8) is 0 Å². The second kappa shape index (κ2) is 57.6. The summed E-state index contributed by atoms with van der Waals surface area (Å²) in [6.45, 7) is 4.69. The van der Waals surface area contributed by atoms with Crippen LogP contribution in [0.1, 0.15) is 219 Å². The number of nitrogens with zero attached hydrogens (tertiary/aromatic N) is 1. The Labute approximate surface area is 471 Å². The first-order valence-corrected chi connectivity index (χ1v) is 30.3. The number of rotatable bonds is 54. The Balaban J connectivity index is 4.36. The van der Waals surface area contributed by atoms with Crippen molar-refractivity contribution in [1.29, 1.82) is 0 Å². The van der Waals surface area contributed by atoms with Gasteiger partial charge in [-0.3, -0.25) is 9.59 Å². The summed E-state index contributed by atoms with van der Waals surface area (Å²) in [6.07, 6.45) is 79.6. The average molecular weight is 1070 g/mol. The van der Waals surface area contributed by atoms with Crippen LogP contribution < -0.4 is 0 Å². The first-order valence-electron chi connectivity index (χ1n) is 30.3. The Kier molecular flexibility index (Phi) is 54.2. The van der Waals surface area contributed by atoms with Crippen molar-refractivity contribution in [2.24, 2.45) is 0 Å². The molecule has 0 fully saturated rings. The number of aliphatic carboxylic acids is 1. The van der Waals surface area contributed by atoms with Gasteiger partial charge in [0.1, 0.15) is 13.2 Å². The summed E-state index contributed by atoms with van der Waals surface area (Å²) in [7, 11) is 5.95. The molecule has 2 unspecified atom stereocenters. The second-order valence-corrected chi connectivity index (χ2v) is 20.9. The van der Waals surface area contributed by atoms with Crippen molar-refractivity contribution < 1.29 is 42.9 Å². The van der Waals surface area contributed by atoms with E-state index in [0.29, 0.717) is 17.4 Å². The van der Waals surface area contributed by atoms with Crippen molar-refractivity contribution >= 4 is 17.9 Å². The molecule has 77 heavy (non-hydrogen) atoms. The van der Waals surface area contributed by atoms with Gasteiger partial charge in [0.05, 0.1) is 34.4 Å². The standard InChI is InChI=1S/C68H111NO8/c1-6-8-10-12-14-16-18-20-22-24-26-28-29-30-31-32-33-34-35-36-37-39-41-43-45-47-49-51-53-55-57-59-66(71)77-64(63-76-68(67(72)73)74-61-60-69(3,4)5)62-75-65(70)58-56-54-52-50-48-46-44-42-40-38-27-25-23-21-19-17-15-13-11-9-7-2/h8,10,14,16,19-22,25-28,30-31,33-34,36-37,41,43,47,49,64,68H,6-7,9,11-13,15,17-18,23-24,29,32,35,38-40,42,44-46,48,50-63H2,1-5H3/p+1/b10-8-,16-14-,21-19-,22-20-,27-25-,28-26-,31-30-,34-33-,37-36-,43-41-,49-47-. The summed E-state index contributed by atoms with van der Waals surface area (Å²) in [6, 6.07) is 0. The number of carbonyl (C=O) groups excluding carboxylic acids is 2. The maximum absolute atomic E-state index is 12.9. The van der Waals surface area contributed by atoms with Gasteiger partial charge in [0.25, 0.3) is 6.29 Å². The van der Waals surface area contributed by atoms with Crippen LogP contribution in [0.2, 0.25) is 0 Å². The summed E-state index contributed by atoms with van der Waals surface area (Å²) in [5.74, 6) is -2.07. The monoisotopic (exact) mass is 1070 g/mol. The number of esters is 2. The van der Waals surface area contributed by atoms with Crippen LogP contribution in [-0.2, 0) is 33.3 Å². The average Bonchev–Trinajstić information content (AvgIpc) is 3.40. The van der Waals surface area contributed by atoms with Gasteiger partial charge in [-0.1, -0.05) is 225 Å². The third-order valence-electron chi connectivity index (χ3n) is 12.4. The summed E-state index contributed by atoms with van der Waals surface area (Å²) in [4.78, 5) is 37.5. The Morgan fingerprint density at radius 1 is 0.403 bits per heavy atom. The highest BCUT2D eigenvalue weighted by Crippen LogP contribution is 2.14. The van der Waals surface area contributed by atoms with Gasteiger partial charge in [0, 0.05) is 12.8 Å². The van der Waals surface area contributed by atoms with Gasteiger partial charge in [-0.2, -0.15) is 0 Å². The predicted molar refractivity (Wildman–Crippen MR) is 327 cm³/mol. The minimum atomic E-state index is -1.53. The molecule has 436 valence electrons. The lowest BCUT2D eigenvalue weighted by atomic mass is 10.1. The van der Waals surface area contributed by atoms with E-state index in [1.54, 1.807) is 0 Å². The molecule has 0 heterocycles. The van der Waals surface area contributed by atoms with Crippen LogP contribution in [0.25, 0.3) is 0 Å². The zero-order chi connectivity index (χ0) is 56.2. The van der Waals surface area contributed by atoms with Gasteiger partial charge >= 0.3 is 17.9 Å². The third kappa shape index (κ3) is 58.9. The number of hydrogen-bond acceptors (Lipinski definition) is 7. The zero-order valence-electron chi connectivity index (χ0n) is 49.6. The van der Waals surface area contributed by atoms with E-state index >= 15 is 0 Å². The quantitative estimate of drug-likeness (QED) is 0.0211. The van der Waals surface area contributed by atoms with Crippen molar-refractivity contribution in [3.05, 3.63) is 134 Å². The Morgan fingerprint density at radius 2 is 0.740 bits per heavy atom. The van der Waals surface area contributed by atoms with Crippen LogP contribution in [0.4, 0.5) is 0 Å². The Morgan fingerprint density at radius 3 is 1.12 bits per heavy atom. The lowest BCUT2D eigenvalue weighted by molar-refractivity contribution is -0.870. The molecule has 0 radical (unpaired) electrons. The molecular weight excluding hydrogens is 959 g/mol. The molecule has 0 saturated heterocycles. The molecule has 0 aliphatic carbocycles. The van der Waals surface area contributed by atoms with Gasteiger partial charge in [-0.05, 0) is 116 Å². The summed E-state index contributed by atoms with van der Waals surface area (Å²) in [5, 5.41) is 9.71. The van der Waals surface area contributed by atoms with E-state index in [2.05, 4.69) is 148 Å². The molecule has 2 atom stereocenters. The number of quaternary nitrogens is 1. The Hall–Kier alpha value is -4.57. The smallest absolute Gasteiger partial charge is 0.361 e. The molecule has 0 amide bonds. The van der Waals surface area contributed by atoms with E-state index in [-0.39, 0.29) is 38.6 Å². The fourth-order valence-corrected chi connectivity index (χ4v) is 7.74. The largest absolute Gasteiger partial charge is 0.477 e. The lowest BCUT2D eigenvalue weighted by Gasteiger charge is -2.25. The highest BCUT2D eigenvalue weighted by Gasteiger charge is 2.25. The molecule has 9 nitrogen and oxygen atoms in total. The maximum atomic E-state index is 12.9. The molecule has 0 rings (SSSR count). The van der Waals surface area contributed by atoms with Crippen LogP contribution in [0.15, 0.2) is 134 Å². The van der Waals surface area contributed by atoms with Gasteiger partial charge in [-0.15, -0.1) is 0 Å². The maximum Gasteiger partial charge on any atom is 0.361 e. The number of carbonyl (C=O) groups is 3. The molecule has 0 aromatic rings. The molecule has 0 aliphatic heterocycles. The van der Waals surface area contributed by atoms with Gasteiger partial charge in [0.2, 0.25) is 0 Å². The number of ether oxygens (including phenoxy) is 4. The van der Waals surface area contributed by atoms with Crippen molar-refractivity contribution in [2.75, 3.05) is 47.5 Å². The fourth-order valence-electron chi connectivity index (χ4n) is 7.74. The SMILES string of the molecule is CC/C=C\C/C=C\C/C=C\C/C=C\C/C=C\C/C=C\C/C=C\C/C=C\C/C=C\CCCCCC(=O)OC(COC(=O)CCCCCCCCCCC/C=C\C/C=C\CCCCCCC)COC(OCC[N+](C)(C)C)C(=O)O. The zero-order valence-corrected chi connectivity index (χ0v) is 49.6. The molecule has 0 saturated carbocycles. The van der Waals surface area contributed by atoms with E-state index in [0.717, 1.165) is 116 Å². The van der Waals surface area contributed by atoms with E-state index < -0.39 is 24.3 Å². The molecule has 0 bridgehead atoms. The number of carboxylic acid groups (broad SMARTS) is 1. The fraction of sp³-hybridized carbons (Fsp3) is 0.632. The van der Waals surface area contributed by atoms with Gasteiger partial charge < -0.3 is 28.5 Å². The lowest BCUT2D eigenvalue weighted by Crippen LogP contribution is -2.40. The molecule has 0 aliphatic rings. The van der Waals surface area contributed by atoms with Crippen molar-refractivity contribution in [2.45, 2.75) is 232 Å². The van der Waals surface area contributed by atoms with Crippen LogP contribution in [0.5, 0.6) is 0 Å². The van der Waals surface area contributed by atoms with Crippen molar-refractivity contribution in [1.82, 2.24) is 0 Å². The number of unbranched alkanes of at least 4 members (excludes halogenated alkanes) is 17. The molecule has 0 aromatic carbocycles. The number of hydrogen-bond donors (Lipinski definition) is 1. The molecule has 0 aromatic heterocycles. The van der Waals surface area contributed by atoms with E-state index in [1.165, 1.54) is 70.6 Å². The highest BCUT2D eigenvalue weighted by molar-refractivity contribution is 5.71. The first-order chi connectivity index (χ1) is 37.6. The number of carboxylic acids is 1. The van der Waals surface area contributed by atoms with Gasteiger partial charge in [-0.25, -0.2) is 4.79 Å². The summed E-state index contributed by atoms with van der Waals surface area (Å²) in [5.41, 5.74) is 0. The van der Waals surface area contributed by atoms with Crippen LogP contribution in [0, 0.1) is 0 Å². The topological polar surface area (TPSA) is 108 Å². The Bertz CT molecular complexity index is 1720. The summed E-state index contributed by atoms with van der Waals surface area (Å²) >= 11 is 0. The van der Waals surface area contributed by atoms with E-state index in [9.17, 15) is 19.5 Å². The molecule has 9 heteroatoms. The number of allylic oxidation sites excluding steroid dienone is 22. The van der Waals surface area contributed by atoms with Crippen molar-refractivity contribution in [3.8, 4) is 0 Å². The van der Waals surface area contributed by atoms with Crippen LogP contribution >= 0.6 is 0 Å². The highest BCUT2D eigenvalue weighted by atomic mass is 16.7. The minimum Gasteiger partial charge on any atom is -0.477 e. The molecular formula is C68H112NO8+. The van der Waals surface area contributed by atoms with Crippen LogP contribution in [0.3, 0.4) is 0 Å². The van der Waals surface area contributed by atoms with Gasteiger partial charge in [0.15, 0.2) is 6.10 Å². The second-order valence-electron chi connectivity index (χ2n) is 20.9. The molecule has 0 spiro atoms. The normalized spacial score (nSPS) is 13.7. The predicted octanol–water partition coefficient (Wildman–Crippen LogP) is 18.2. The minimum absolute atomic E-state index is 0.172. The summed E-state index contributed by atoms with van der Waals surface area (Å²) < 4.78 is 22.8. The number of likely N-dealkylation sites (N-methyl/N-ethyl adjacent to an activating group) is 1. The first kappa shape index (κ1) is 72.4. The van der Waals surface area contributed by atoms with Crippen LogP contribution in [-0.4, -0.2) is 87.4 Å². The third-order valence-corrected chi connectivity index (χ3v) is 12.4.